The number of anilines is 2. The summed E-state index contributed by atoms with van der Waals surface area (Å²) in [6.07, 6.45) is 0. The summed E-state index contributed by atoms with van der Waals surface area (Å²) < 4.78 is 0. The van der Waals surface area contributed by atoms with Crippen molar-refractivity contribution in [3.8, 4) is 22.3 Å². The third-order valence-corrected chi connectivity index (χ3v) is 6.04. The van der Waals surface area contributed by atoms with Crippen molar-refractivity contribution in [2.75, 3.05) is 11.5 Å². The molecular weight excluding hydrogens is 414 g/mol. The lowest BCUT2D eigenvalue weighted by molar-refractivity contribution is 1.47. The minimum absolute atomic E-state index is 0.768. The van der Waals surface area contributed by atoms with Crippen molar-refractivity contribution in [3.05, 3.63) is 121 Å². The van der Waals surface area contributed by atoms with Crippen LogP contribution in [0.2, 0.25) is 0 Å². The molecule has 34 heavy (non-hydrogen) atoms. The van der Waals surface area contributed by atoms with Gasteiger partial charge in [-0.25, -0.2) is 0 Å². The van der Waals surface area contributed by atoms with E-state index in [1.807, 2.05) is 36.4 Å². The maximum absolute atomic E-state index is 5.98. The molecule has 0 bridgehead atoms. The highest BCUT2D eigenvalue weighted by Crippen LogP contribution is 2.34. The quantitative estimate of drug-likeness (QED) is 0.240. The second kappa shape index (κ2) is 9.16. The van der Waals surface area contributed by atoms with Gasteiger partial charge in [0.05, 0.1) is 0 Å². The van der Waals surface area contributed by atoms with Gasteiger partial charge in [0, 0.05) is 33.2 Å². The standard InChI is InChI=1S/C19H18N2.C12H9N/c1-13-2-4-15(5-3-13)19-12-17(21)10-11-18(19)14-6-8-16(20)9-7-14;1-3-7-11-9(5-1)10-6-2-4-8-12(10)13-11/h2-12H,20-21H2,1H3;1-8,13H. The Bertz CT molecular complexity index is 1510. The molecule has 0 amide bonds. The van der Waals surface area contributed by atoms with E-state index in [-0.39, 0.29) is 0 Å². The maximum Gasteiger partial charge on any atom is 0.0464 e. The van der Waals surface area contributed by atoms with Crippen LogP contribution in [0.4, 0.5) is 11.4 Å². The summed E-state index contributed by atoms with van der Waals surface area (Å²) in [7, 11) is 0. The maximum atomic E-state index is 5.98. The summed E-state index contributed by atoms with van der Waals surface area (Å²) in [6, 6.07) is 39.2. The van der Waals surface area contributed by atoms with Crippen LogP contribution in [0, 0.1) is 6.92 Å². The molecular formula is C31H27N3. The van der Waals surface area contributed by atoms with E-state index in [1.165, 1.54) is 32.9 Å². The number of aromatic nitrogens is 1. The number of nitrogens with one attached hydrogen (secondary N) is 1. The van der Waals surface area contributed by atoms with Crippen LogP contribution in [0.1, 0.15) is 5.56 Å². The van der Waals surface area contributed by atoms with Gasteiger partial charge in [-0.2, -0.15) is 0 Å². The zero-order valence-electron chi connectivity index (χ0n) is 19.1. The van der Waals surface area contributed by atoms with Crippen LogP contribution in [0.15, 0.2) is 115 Å². The van der Waals surface area contributed by atoms with Crippen LogP contribution >= 0.6 is 0 Å². The molecule has 0 aliphatic rings. The normalized spacial score (nSPS) is 10.7. The average Bonchev–Trinajstić information content (AvgIpc) is 3.24. The molecule has 3 heteroatoms. The van der Waals surface area contributed by atoms with E-state index >= 15 is 0 Å². The van der Waals surface area contributed by atoms with Crippen LogP contribution in [-0.4, -0.2) is 4.98 Å². The monoisotopic (exact) mass is 441 g/mol. The SMILES string of the molecule is Cc1ccc(-c2cc(N)ccc2-c2ccc(N)cc2)cc1.c1ccc2c(c1)[nH]c1ccccc12. The summed E-state index contributed by atoms with van der Waals surface area (Å²) in [5.41, 5.74) is 21.6. The van der Waals surface area contributed by atoms with E-state index in [0.717, 1.165) is 28.1 Å². The van der Waals surface area contributed by atoms with Crippen LogP contribution in [0.3, 0.4) is 0 Å². The van der Waals surface area contributed by atoms with Gasteiger partial charge in [-0.15, -0.1) is 0 Å². The summed E-state index contributed by atoms with van der Waals surface area (Å²) in [5, 5.41) is 2.61. The average molecular weight is 442 g/mol. The molecule has 0 atom stereocenters. The number of nitrogen functional groups attached to an aromatic ring is 2. The first-order chi connectivity index (χ1) is 16.6. The third-order valence-electron chi connectivity index (χ3n) is 6.04. The fourth-order valence-corrected chi connectivity index (χ4v) is 4.25. The zero-order chi connectivity index (χ0) is 23.5. The Balaban J connectivity index is 0.000000157. The molecule has 1 heterocycles. The van der Waals surface area contributed by atoms with Crippen LogP contribution in [0.25, 0.3) is 44.1 Å². The largest absolute Gasteiger partial charge is 0.399 e. The van der Waals surface area contributed by atoms with E-state index in [1.54, 1.807) is 0 Å². The molecule has 0 unspecified atom stereocenters. The van der Waals surface area contributed by atoms with Gasteiger partial charge in [-0.1, -0.05) is 84.4 Å². The molecule has 3 nitrogen and oxygen atoms in total. The van der Waals surface area contributed by atoms with Gasteiger partial charge in [0.25, 0.3) is 0 Å². The number of benzene rings is 5. The molecule has 0 saturated carbocycles. The van der Waals surface area contributed by atoms with E-state index in [2.05, 4.69) is 90.8 Å². The van der Waals surface area contributed by atoms with Crippen molar-refractivity contribution in [3.63, 3.8) is 0 Å². The van der Waals surface area contributed by atoms with Gasteiger partial charge in [-0.05, 0) is 65.6 Å². The number of hydrogen-bond acceptors (Lipinski definition) is 2. The second-order valence-electron chi connectivity index (χ2n) is 8.51. The summed E-state index contributed by atoms with van der Waals surface area (Å²) in [6.45, 7) is 2.09. The van der Waals surface area contributed by atoms with E-state index in [4.69, 9.17) is 11.5 Å². The number of H-pyrrole nitrogens is 1. The van der Waals surface area contributed by atoms with Gasteiger partial charge in [0.2, 0.25) is 0 Å². The van der Waals surface area contributed by atoms with E-state index in [9.17, 15) is 0 Å². The lowest BCUT2D eigenvalue weighted by Gasteiger charge is -2.12. The highest BCUT2D eigenvalue weighted by Gasteiger charge is 2.08. The summed E-state index contributed by atoms with van der Waals surface area (Å²) in [4.78, 5) is 3.38. The van der Waals surface area contributed by atoms with Crippen molar-refractivity contribution in [1.82, 2.24) is 4.98 Å². The highest BCUT2D eigenvalue weighted by atomic mass is 14.7. The predicted octanol–water partition coefficient (Wildman–Crippen LogP) is 7.81. The number of aryl methyl sites for hydroxylation is 1. The Labute approximate surface area is 199 Å². The third kappa shape index (κ3) is 4.37. The fourth-order valence-electron chi connectivity index (χ4n) is 4.25. The summed E-state index contributed by atoms with van der Waals surface area (Å²) in [5.74, 6) is 0. The molecule has 0 aliphatic heterocycles. The van der Waals surface area contributed by atoms with Crippen molar-refractivity contribution >= 4 is 33.2 Å². The molecule has 6 rings (SSSR count). The van der Waals surface area contributed by atoms with Crippen LogP contribution < -0.4 is 11.5 Å². The number of para-hydroxylation sites is 2. The number of aromatic amines is 1. The molecule has 166 valence electrons. The Morgan fingerprint density at radius 3 is 1.62 bits per heavy atom. The minimum Gasteiger partial charge on any atom is -0.399 e. The molecule has 5 aromatic carbocycles. The Morgan fingerprint density at radius 2 is 1.00 bits per heavy atom. The molecule has 1 aromatic heterocycles. The number of hydrogen-bond donors (Lipinski definition) is 3. The van der Waals surface area contributed by atoms with Crippen molar-refractivity contribution in [1.29, 1.82) is 0 Å². The Hall–Kier alpha value is -4.50. The van der Waals surface area contributed by atoms with Gasteiger partial charge in [0.15, 0.2) is 0 Å². The van der Waals surface area contributed by atoms with Gasteiger partial charge in [0.1, 0.15) is 0 Å². The molecule has 0 fully saturated rings. The second-order valence-corrected chi connectivity index (χ2v) is 8.51. The van der Waals surface area contributed by atoms with Crippen LogP contribution in [0.5, 0.6) is 0 Å². The molecule has 0 saturated heterocycles. The number of nitrogens with two attached hydrogens (primary N) is 2. The van der Waals surface area contributed by atoms with E-state index in [0.29, 0.717) is 0 Å². The zero-order valence-corrected chi connectivity index (χ0v) is 19.1. The van der Waals surface area contributed by atoms with Gasteiger partial charge >= 0.3 is 0 Å². The fraction of sp³-hybridized carbons (Fsp3) is 0.0323. The first-order valence-electron chi connectivity index (χ1n) is 11.4. The van der Waals surface area contributed by atoms with Crippen molar-refractivity contribution in [2.24, 2.45) is 0 Å². The lowest BCUT2D eigenvalue weighted by atomic mass is 9.93. The number of rotatable bonds is 2. The predicted molar refractivity (Wildman–Crippen MR) is 147 cm³/mol. The minimum atomic E-state index is 0.768. The first kappa shape index (κ1) is 21.4. The first-order valence-corrected chi connectivity index (χ1v) is 11.4. The van der Waals surface area contributed by atoms with Gasteiger partial charge < -0.3 is 16.5 Å². The smallest absolute Gasteiger partial charge is 0.0464 e. The number of fused-ring (bicyclic) bond motifs is 3. The molecule has 0 aliphatic carbocycles. The molecule has 5 N–H and O–H groups in total. The van der Waals surface area contributed by atoms with Gasteiger partial charge in [-0.3, -0.25) is 0 Å². The Morgan fingerprint density at radius 1 is 0.500 bits per heavy atom. The van der Waals surface area contributed by atoms with Crippen molar-refractivity contribution < 1.29 is 0 Å². The molecule has 0 radical (unpaired) electrons. The molecule has 6 aromatic rings. The van der Waals surface area contributed by atoms with Crippen LogP contribution in [-0.2, 0) is 0 Å². The highest BCUT2D eigenvalue weighted by molar-refractivity contribution is 6.07. The molecule has 0 spiro atoms. The van der Waals surface area contributed by atoms with Crippen molar-refractivity contribution in [2.45, 2.75) is 6.92 Å². The Kier molecular flexibility index (Phi) is 5.75. The topological polar surface area (TPSA) is 67.8 Å². The lowest BCUT2D eigenvalue weighted by Crippen LogP contribution is -1.91. The summed E-state index contributed by atoms with van der Waals surface area (Å²) >= 11 is 0. The van der Waals surface area contributed by atoms with E-state index < -0.39 is 0 Å².